The number of rotatable bonds is 1. The molecular weight excluding hydrogens is 244 g/mol. The number of benzene rings is 1. The van der Waals surface area contributed by atoms with Crippen molar-refractivity contribution in [2.24, 2.45) is 5.73 Å². The van der Waals surface area contributed by atoms with Gasteiger partial charge in [0.25, 0.3) is 0 Å². The molecule has 2 N–H and O–H groups in total. The van der Waals surface area contributed by atoms with E-state index in [0.29, 0.717) is 4.47 Å². The van der Waals surface area contributed by atoms with Gasteiger partial charge in [-0.05, 0) is 40.5 Å². The topological polar surface area (TPSA) is 26.0 Å². The summed E-state index contributed by atoms with van der Waals surface area (Å²) in [5.74, 6) is -0.255. The summed E-state index contributed by atoms with van der Waals surface area (Å²) in [6.45, 7) is 1.86. The van der Waals surface area contributed by atoms with Crippen molar-refractivity contribution < 1.29 is 4.39 Å². The summed E-state index contributed by atoms with van der Waals surface area (Å²) in [5, 5.41) is 0. The van der Waals surface area contributed by atoms with Crippen molar-refractivity contribution in [1.29, 1.82) is 0 Å². The Morgan fingerprint density at radius 2 is 2.08 bits per heavy atom. The molecule has 1 aromatic carbocycles. The van der Waals surface area contributed by atoms with Crippen LogP contribution in [0, 0.1) is 5.82 Å². The highest BCUT2D eigenvalue weighted by Gasteiger charge is 2.02. The third-order valence-electron chi connectivity index (χ3n) is 1.47. The van der Waals surface area contributed by atoms with Crippen LogP contribution in [0.1, 0.15) is 18.5 Å². The molecule has 1 nitrogen and oxygen atoms in total. The third kappa shape index (κ3) is 2.73. The van der Waals surface area contributed by atoms with Crippen molar-refractivity contribution in [3.8, 4) is 0 Å². The van der Waals surface area contributed by atoms with Gasteiger partial charge in [0, 0.05) is 6.04 Å². The van der Waals surface area contributed by atoms with Crippen molar-refractivity contribution >= 4 is 28.3 Å². The lowest BCUT2D eigenvalue weighted by molar-refractivity contribution is 0.619. The van der Waals surface area contributed by atoms with Crippen LogP contribution in [-0.4, -0.2) is 0 Å². The van der Waals surface area contributed by atoms with Crippen LogP contribution in [0.4, 0.5) is 4.39 Å². The fraction of sp³-hybridized carbons (Fsp3) is 0.250. The van der Waals surface area contributed by atoms with Gasteiger partial charge in [-0.3, -0.25) is 0 Å². The monoisotopic (exact) mass is 253 g/mol. The van der Waals surface area contributed by atoms with E-state index in [9.17, 15) is 4.39 Å². The second kappa shape index (κ2) is 4.80. The molecule has 0 aliphatic rings. The summed E-state index contributed by atoms with van der Waals surface area (Å²) < 4.78 is 13.1. The molecule has 0 heterocycles. The van der Waals surface area contributed by atoms with Crippen molar-refractivity contribution in [2.45, 2.75) is 13.0 Å². The molecule has 0 aliphatic carbocycles. The fourth-order valence-electron chi connectivity index (χ4n) is 0.796. The average Bonchev–Trinajstić information content (AvgIpc) is 1.94. The van der Waals surface area contributed by atoms with Crippen LogP contribution in [0.5, 0.6) is 0 Å². The lowest BCUT2D eigenvalue weighted by Crippen LogP contribution is -2.04. The van der Waals surface area contributed by atoms with E-state index in [2.05, 4.69) is 15.9 Å². The first-order chi connectivity index (χ1) is 5.11. The molecule has 0 saturated heterocycles. The molecule has 1 aromatic rings. The Bertz CT molecular complexity index is 265. The minimum atomic E-state index is -0.255. The zero-order chi connectivity index (χ0) is 8.43. The lowest BCUT2D eigenvalue weighted by Gasteiger charge is -2.05. The Morgan fingerprint density at radius 1 is 1.50 bits per heavy atom. The molecule has 68 valence electrons. The van der Waals surface area contributed by atoms with E-state index < -0.39 is 0 Å². The van der Waals surface area contributed by atoms with Gasteiger partial charge in [-0.15, -0.1) is 12.4 Å². The first-order valence-corrected chi connectivity index (χ1v) is 4.11. The molecule has 0 aromatic heterocycles. The molecule has 0 amide bonds. The second-order valence-electron chi connectivity index (χ2n) is 2.46. The van der Waals surface area contributed by atoms with E-state index in [1.54, 1.807) is 12.1 Å². The molecule has 4 heteroatoms. The van der Waals surface area contributed by atoms with Gasteiger partial charge in [0.1, 0.15) is 5.82 Å². The van der Waals surface area contributed by atoms with Gasteiger partial charge in [-0.25, -0.2) is 4.39 Å². The van der Waals surface area contributed by atoms with Crippen LogP contribution in [0.15, 0.2) is 22.7 Å². The Hall–Kier alpha value is -0.120. The first-order valence-electron chi connectivity index (χ1n) is 3.32. The molecule has 1 atom stereocenters. The maximum Gasteiger partial charge on any atom is 0.137 e. The lowest BCUT2D eigenvalue weighted by atomic mass is 10.1. The van der Waals surface area contributed by atoms with Crippen molar-refractivity contribution in [3.63, 3.8) is 0 Å². The average molecular weight is 255 g/mol. The summed E-state index contributed by atoms with van der Waals surface area (Å²) in [5.41, 5.74) is 6.52. The molecule has 0 radical (unpaired) electrons. The van der Waals surface area contributed by atoms with Crippen molar-refractivity contribution in [3.05, 3.63) is 34.1 Å². The highest BCUT2D eigenvalue weighted by Crippen LogP contribution is 2.19. The predicted octanol–water partition coefficient (Wildman–Crippen LogP) is 3.03. The number of hydrogen-bond acceptors (Lipinski definition) is 1. The van der Waals surface area contributed by atoms with E-state index in [1.165, 1.54) is 6.07 Å². The Labute approximate surface area is 85.7 Å². The van der Waals surface area contributed by atoms with Gasteiger partial charge < -0.3 is 5.73 Å². The smallest absolute Gasteiger partial charge is 0.137 e. The fourth-order valence-corrected chi connectivity index (χ4v) is 1.19. The number of nitrogens with two attached hydrogens (primary N) is 1. The molecule has 0 spiro atoms. The number of hydrogen-bond donors (Lipinski definition) is 1. The van der Waals surface area contributed by atoms with Gasteiger partial charge >= 0.3 is 0 Å². The van der Waals surface area contributed by atoms with Crippen molar-refractivity contribution in [1.82, 2.24) is 0 Å². The number of halogens is 3. The Balaban J connectivity index is 0.00000121. The van der Waals surface area contributed by atoms with Gasteiger partial charge in [0.05, 0.1) is 4.47 Å². The summed E-state index contributed by atoms with van der Waals surface area (Å²) >= 11 is 3.08. The van der Waals surface area contributed by atoms with Crippen LogP contribution in [0.2, 0.25) is 0 Å². The van der Waals surface area contributed by atoms with Crippen LogP contribution in [0.25, 0.3) is 0 Å². The zero-order valence-corrected chi connectivity index (χ0v) is 8.95. The third-order valence-corrected chi connectivity index (χ3v) is 2.08. The SMILES string of the molecule is C[C@@H](N)c1ccc(F)c(Br)c1.Cl. The summed E-state index contributed by atoms with van der Waals surface area (Å²) in [7, 11) is 0. The zero-order valence-electron chi connectivity index (χ0n) is 6.55. The van der Waals surface area contributed by atoms with Gasteiger partial charge in [-0.2, -0.15) is 0 Å². The van der Waals surface area contributed by atoms with E-state index >= 15 is 0 Å². The standard InChI is InChI=1S/C8H9BrFN.ClH/c1-5(11)6-2-3-8(10)7(9)4-6;/h2-5H,11H2,1H3;1H/t5-;/m1./s1. The normalized spacial score (nSPS) is 12.0. The van der Waals surface area contributed by atoms with E-state index in [-0.39, 0.29) is 24.3 Å². The van der Waals surface area contributed by atoms with E-state index in [1.807, 2.05) is 6.92 Å². The molecule has 0 aliphatic heterocycles. The van der Waals surface area contributed by atoms with E-state index in [4.69, 9.17) is 5.73 Å². The molecule has 0 fully saturated rings. The first kappa shape index (κ1) is 11.9. The minimum absolute atomic E-state index is 0. The summed E-state index contributed by atoms with van der Waals surface area (Å²) in [4.78, 5) is 0. The molecule has 0 bridgehead atoms. The molecule has 12 heavy (non-hydrogen) atoms. The maximum atomic E-state index is 12.7. The minimum Gasteiger partial charge on any atom is -0.324 e. The molecular formula is C8H10BrClFN. The van der Waals surface area contributed by atoms with Gasteiger partial charge in [0.15, 0.2) is 0 Å². The van der Waals surface area contributed by atoms with E-state index in [0.717, 1.165) is 5.56 Å². The van der Waals surface area contributed by atoms with Gasteiger partial charge in [-0.1, -0.05) is 6.07 Å². The van der Waals surface area contributed by atoms with Crippen LogP contribution >= 0.6 is 28.3 Å². The Morgan fingerprint density at radius 3 is 2.50 bits per heavy atom. The largest absolute Gasteiger partial charge is 0.324 e. The van der Waals surface area contributed by atoms with Crippen molar-refractivity contribution in [2.75, 3.05) is 0 Å². The second-order valence-corrected chi connectivity index (χ2v) is 3.32. The molecule has 1 rings (SSSR count). The molecule has 0 saturated carbocycles. The maximum absolute atomic E-state index is 12.7. The Kier molecular flexibility index (Phi) is 4.75. The highest BCUT2D eigenvalue weighted by atomic mass is 79.9. The van der Waals surface area contributed by atoms with Gasteiger partial charge in [0.2, 0.25) is 0 Å². The van der Waals surface area contributed by atoms with Crippen LogP contribution < -0.4 is 5.73 Å². The van der Waals surface area contributed by atoms with Crippen LogP contribution in [0.3, 0.4) is 0 Å². The quantitative estimate of drug-likeness (QED) is 0.819. The predicted molar refractivity (Wildman–Crippen MR) is 54.0 cm³/mol. The van der Waals surface area contributed by atoms with Crippen LogP contribution in [-0.2, 0) is 0 Å². The molecule has 0 unspecified atom stereocenters. The summed E-state index contributed by atoms with van der Waals surface area (Å²) in [6.07, 6.45) is 0. The highest BCUT2D eigenvalue weighted by molar-refractivity contribution is 9.10. The summed E-state index contributed by atoms with van der Waals surface area (Å²) in [6, 6.07) is 4.74.